The zero-order chi connectivity index (χ0) is 14.7. The molecule has 4 rings (SSSR count). The first kappa shape index (κ1) is 12.7. The van der Waals surface area contributed by atoms with E-state index in [2.05, 4.69) is 0 Å². The van der Waals surface area contributed by atoms with Crippen LogP contribution in [0.5, 0.6) is 0 Å². The number of carbonyl (C=O) groups excluding carboxylic acids is 1. The molecule has 0 N–H and O–H groups in total. The van der Waals surface area contributed by atoms with E-state index < -0.39 is 11.8 Å². The van der Waals surface area contributed by atoms with Gasteiger partial charge in [-0.1, -0.05) is 48.5 Å². The highest BCUT2D eigenvalue weighted by molar-refractivity contribution is 6.12. The van der Waals surface area contributed by atoms with Crippen LogP contribution < -0.4 is 5.11 Å². The number of benzene rings is 2. The van der Waals surface area contributed by atoms with Crippen LogP contribution in [0.4, 0.5) is 0 Å². The number of rotatable bonds is 0. The number of ether oxygens (including phenoxy) is 1. The summed E-state index contributed by atoms with van der Waals surface area (Å²) in [5.41, 5.74) is 1.84. The zero-order valence-electron chi connectivity index (χ0n) is 11.2. The summed E-state index contributed by atoms with van der Waals surface area (Å²) in [7, 11) is 0. The molecule has 2 aromatic rings. The molecule has 106 valence electrons. The van der Waals surface area contributed by atoms with Crippen LogP contribution >= 0.6 is 0 Å². The molecular formula is C16H11O5-. The van der Waals surface area contributed by atoms with Crippen LogP contribution in [-0.4, -0.2) is 11.8 Å². The van der Waals surface area contributed by atoms with Gasteiger partial charge >= 0.3 is 0 Å². The van der Waals surface area contributed by atoms with Gasteiger partial charge in [0.05, 0.1) is 0 Å². The van der Waals surface area contributed by atoms with E-state index in [0.717, 1.165) is 0 Å². The maximum absolute atomic E-state index is 12.6. The fraction of sp³-hybridized carbons (Fsp3) is 0.188. The van der Waals surface area contributed by atoms with Gasteiger partial charge in [0.1, 0.15) is 5.97 Å². The molecule has 2 aromatic carbocycles. The molecular weight excluding hydrogens is 272 g/mol. The molecule has 2 aliphatic rings. The first-order chi connectivity index (χ1) is 10.0. The second kappa shape index (κ2) is 3.99. The Bertz CT molecular complexity index is 700. The van der Waals surface area contributed by atoms with Crippen molar-refractivity contribution in [2.24, 2.45) is 0 Å². The van der Waals surface area contributed by atoms with Crippen molar-refractivity contribution in [3.8, 4) is 0 Å². The highest BCUT2D eigenvalue weighted by Crippen LogP contribution is 2.48. The fourth-order valence-corrected chi connectivity index (χ4v) is 2.86. The Labute approximate surface area is 120 Å². The van der Waals surface area contributed by atoms with Gasteiger partial charge in [-0.05, 0) is 6.92 Å². The van der Waals surface area contributed by atoms with Crippen molar-refractivity contribution in [1.82, 2.24) is 0 Å². The molecule has 0 radical (unpaired) electrons. The van der Waals surface area contributed by atoms with Gasteiger partial charge in [0.25, 0.3) is 5.79 Å². The predicted octanol–water partition coefficient (Wildman–Crippen LogP) is 1.44. The Hall–Kier alpha value is -2.05. The van der Waals surface area contributed by atoms with Crippen molar-refractivity contribution in [2.75, 3.05) is 0 Å². The minimum absolute atomic E-state index is 0.126. The van der Waals surface area contributed by atoms with Gasteiger partial charge in [-0.2, -0.15) is 4.89 Å². The summed E-state index contributed by atoms with van der Waals surface area (Å²) in [5.74, 6) is -3.77. The highest BCUT2D eigenvalue weighted by Gasteiger charge is 2.53. The topological polar surface area (TPSA) is 67.8 Å². The molecule has 1 aliphatic heterocycles. The maximum Gasteiger partial charge on any atom is 0.257 e. The van der Waals surface area contributed by atoms with Crippen LogP contribution in [0.2, 0.25) is 0 Å². The number of fused-ring (bicyclic) bond motifs is 4. The number of carbonyl (C=O) groups is 1. The van der Waals surface area contributed by atoms with E-state index in [9.17, 15) is 9.90 Å². The van der Waals surface area contributed by atoms with Crippen LogP contribution in [0.1, 0.15) is 34.0 Å². The van der Waals surface area contributed by atoms with Crippen LogP contribution in [0.15, 0.2) is 48.5 Å². The number of hydrogen-bond donors (Lipinski definition) is 0. The Balaban J connectivity index is 2.04. The summed E-state index contributed by atoms with van der Waals surface area (Å²) in [6.45, 7) is 1.23. The number of hydrogen-bond acceptors (Lipinski definition) is 5. The molecule has 21 heavy (non-hydrogen) atoms. The molecule has 0 aromatic heterocycles. The summed E-state index contributed by atoms with van der Waals surface area (Å²) in [6.07, 6.45) is 0. The molecule has 1 saturated heterocycles. The first-order valence-electron chi connectivity index (χ1n) is 6.55. The Morgan fingerprint density at radius 1 is 0.905 bits per heavy atom. The third-order valence-electron chi connectivity index (χ3n) is 3.69. The van der Waals surface area contributed by atoms with Crippen LogP contribution in [0.3, 0.4) is 0 Å². The molecule has 1 atom stereocenters. The van der Waals surface area contributed by atoms with E-state index in [-0.39, 0.29) is 5.78 Å². The molecule has 0 amide bonds. The zero-order valence-corrected chi connectivity index (χ0v) is 11.2. The molecule has 1 spiro atoms. The second-order valence-corrected chi connectivity index (χ2v) is 5.17. The van der Waals surface area contributed by atoms with E-state index >= 15 is 0 Å². The van der Waals surface area contributed by atoms with Crippen molar-refractivity contribution in [1.29, 1.82) is 0 Å². The summed E-state index contributed by atoms with van der Waals surface area (Å²) in [4.78, 5) is 22.7. The van der Waals surface area contributed by atoms with Crippen molar-refractivity contribution < 1.29 is 24.4 Å². The molecule has 1 fully saturated rings. The molecule has 0 saturated carbocycles. The van der Waals surface area contributed by atoms with Gasteiger partial charge in [0.2, 0.25) is 0 Å². The Kier molecular flexibility index (Phi) is 2.41. The minimum Gasteiger partial charge on any atom is -0.804 e. The van der Waals surface area contributed by atoms with Gasteiger partial charge in [-0.15, -0.1) is 0 Å². The van der Waals surface area contributed by atoms with E-state index in [0.29, 0.717) is 22.3 Å². The smallest absolute Gasteiger partial charge is 0.257 e. The van der Waals surface area contributed by atoms with Crippen molar-refractivity contribution in [3.63, 3.8) is 0 Å². The maximum atomic E-state index is 12.6. The quantitative estimate of drug-likeness (QED) is 0.684. The average Bonchev–Trinajstić information content (AvgIpc) is 2.82. The summed E-state index contributed by atoms with van der Waals surface area (Å²) < 4.78 is 5.53. The Morgan fingerprint density at radius 3 is 1.90 bits per heavy atom. The van der Waals surface area contributed by atoms with E-state index in [1.807, 2.05) is 0 Å². The van der Waals surface area contributed by atoms with Gasteiger partial charge in [-0.3, -0.25) is 4.79 Å². The summed E-state index contributed by atoms with van der Waals surface area (Å²) in [6, 6.07) is 13.8. The van der Waals surface area contributed by atoms with Crippen molar-refractivity contribution >= 4 is 5.78 Å². The molecule has 1 unspecified atom stereocenters. The lowest BCUT2D eigenvalue weighted by Gasteiger charge is -2.35. The van der Waals surface area contributed by atoms with Gasteiger partial charge in [-0.25, -0.2) is 4.89 Å². The summed E-state index contributed by atoms with van der Waals surface area (Å²) in [5, 5.41) is 12.0. The van der Waals surface area contributed by atoms with Gasteiger partial charge in [0, 0.05) is 22.3 Å². The summed E-state index contributed by atoms with van der Waals surface area (Å²) >= 11 is 0. The lowest BCUT2D eigenvalue weighted by Crippen LogP contribution is -2.45. The molecule has 1 aliphatic carbocycles. The van der Waals surface area contributed by atoms with E-state index in [1.165, 1.54) is 6.92 Å². The van der Waals surface area contributed by atoms with Crippen LogP contribution in [0.25, 0.3) is 0 Å². The molecule has 0 bridgehead atoms. The normalized spacial score (nSPS) is 25.7. The highest BCUT2D eigenvalue weighted by atomic mass is 17.3. The standard InChI is InChI=1S/C16H11O5/c1-15(18)19-16(21-20-15)12-8-4-2-6-10(12)14(17)11-7-3-5-9-13(11)16/h2-9H,1H3/q-1. The van der Waals surface area contributed by atoms with Crippen molar-refractivity contribution in [3.05, 3.63) is 70.8 Å². The second-order valence-electron chi connectivity index (χ2n) is 5.17. The molecule has 5 heteroatoms. The number of ketones is 1. The van der Waals surface area contributed by atoms with Gasteiger partial charge < -0.3 is 9.84 Å². The lowest BCUT2D eigenvalue weighted by molar-refractivity contribution is -0.632. The molecule has 1 heterocycles. The predicted molar refractivity (Wildman–Crippen MR) is 68.8 cm³/mol. The SMILES string of the molecule is CC1([O-])OOC2(O1)c1ccccc1C(=O)c1ccccc12. The van der Waals surface area contributed by atoms with Crippen LogP contribution in [0, 0.1) is 0 Å². The third kappa shape index (κ3) is 1.63. The van der Waals surface area contributed by atoms with Crippen molar-refractivity contribution in [2.45, 2.75) is 18.7 Å². The third-order valence-corrected chi connectivity index (χ3v) is 3.69. The largest absolute Gasteiger partial charge is 0.804 e. The van der Waals surface area contributed by atoms with E-state index in [1.54, 1.807) is 48.5 Å². The lowest BCUT2D eigenvalue weighted by atomic mass is 9.80. The average molecular weight is 283 g/mol. The van der Waals surface area contributed by atoms with Gasteiger partial charge in [0.15, 0.2) is 5.78 Å². The monoisotopic (exact) mass is 283 g/mol. The fourth-order valence-electron chi connectivity index (χ4n) is 2.86. The molecule has 5 nitrogen and oxygen atoms in total. The first-order valence-corrected chi connectivity index (χ1v) is 6.55. The Morgan fingerprint density at radius 2 is 1.43 bits per heavy atom. The minimum atomic E-state index is -2.14. The van der Waals surface area contributed by atoms with Crippen LogP contribution in [-0.2, 0) is 20.3 Å². The van der Waals surface area contributed by atoms with E-state index in [4.69, 9.17) is 14.5 Å².